The Morgan fingerprint density at radius 1 is 1.23 bits per heavy atom. The predicted octanol–water partition coefficient (Wildman–Crippen LogP) is 0.823. The van der Waals surface area contributed by atoms with Crippen molar-refractivity contribution in [3.63, 3.8) is 0 Å². The Balaban J connectivity index is 3.43. The number of hydrogen-bond acceptors (Lipinski definition) is 2. The summed E-state index contributed by atoms with van der Waals surface area (Å²) in [7, 11) is 0. The average Bonchev–Trinajstić information content (AvgIpc) is 1.95. The Kier molecular flexibility index (Phi) is 2.02. The van der Waals surface area contributed by atoms with Crippen molar-refractivity contribution in [1.29, 1.82) is 0 Å². The van der Waals surface area contributed by atoms with Crippen LogP contribution >= 0.6 is 0 Å². The molecule has 72 valence electrons. The molecule has 13 heavy (non-hydrogen) atoms. The third-order valence-corrected chi connectivity index (χ3v) is 1.41. The predicted molar refractivity (Wildman–Crippen MR) is 36.8 cm³/mol. The second kappa shape index (κ2) is 2.75. The maximum atomic E-state index is 12.8. The molecule has 0 amide bonds. The number of nitrogens with two attached hydrogens (primary N) is 2. The smallest absolute Gasteiger partial charge is 0.395 e. The summed E-state index contributed by atoms with van der Waals surface area (Å²) >= 11 is 0. The molecular formula is C6H6F4N3+. The zero-order chi connectivity index (χ0) is 10.2. The third kappa shape index (κ3) is 1.63. The first-order valence-corrected chi connectivity index (χ1v) is 3.16. The van der Waals surface area contributed by atoms with Crippen LogP contribution in [0.15, 0.2) is 6.20 Å². The second-order valence-corrected chi connectivity index (χ2v) is 2.34. The summed E-state index contributed by atoms with van der Waals surface area (Å²) in [6, 6.07) is 0. The molecule has 0 unspecified atom stereocenters. The number of aromatic amines is 1. The van der Waals surface area contributed by atoms with Gasteiger partial charge in [0.25, 0.3) is 0 Å². The lowest BCUT2D eigenvalue weighted by atomic mass is 10.2. The van der Waals surface area contributed by atoms with Gasteiger partial charge in [0.1, 0.15) is 11.8 Å². The maximum Gasteiger partial charge on any atom is 0.421 e. The fourth-order valence-corrected chi connectivity index (χ4v) is 0.841. The van der Waals surface area contributed by atoms with Crippen molar-refractivity contribution >= 4 is 11.5 Å². The lowest BCUT2D eigenvalue weighted by Crippen LogP contribution is -2.21. The van der Waals surface area contributed by atoms with E-state index in [0.29, 0.717) is 0 Å². The molecule has 0 atom stereocenters. The Morgan fingerprint density at radius 3 is 2.15 bits per heavy atom. The standard InChI is InChI=1S/C6H5F4N3/c7-4-3(6(8,9)10)2(11)1-13-5(4)12/h1H,11H2,(H2,12,13)/p+1. The van der Waals surface area contributed by atoms with E-state index in [2.05, 4.69) is 4.98 Å². The van der Waals surface area contributed by atoms with Gasteiger partial charge in [0, 0.05) is 0 Å². The van der Waals surface area contributed by atoms with E-state index in [1.165, 1.54) is 0 Å². The molecule has 0 bridgehead atoms. The second-order valence-electron chi connectivity index (χ2n) is 2.34. The minimum atomic E-state index is -4.84. The number of alkyl halides is 3. The summed E-state index contributed by atoms with van der Waals surface area (Å²) < 4.78 is 49.1. The summed E-state index contributed by atoms with van der Waals surface area (Å²) in [5, 5.41) is 0. The number of nitrogen functional groups attached to an aromatic ring is 2. The van der Waals surface area contributed by atoms with Gasteiger partial charge in [0.15, 0.2) is 0 Å². The van der Waals surface area contributed by atoms with E-state index in [9.17, 15) is 17.6 Å². The molecule has 3 nitrogen and oxygen atoms in total. The average molecular weight is 196 g/mol. The molecule has 1 aromatic rings. The van der Waals surface area contributed by atoms with E-state index in [4.69, 9.17) is 11.5 Å². The number of nitrogens with one attached hydrogen (secondary N) is 1. The molecule has 0 saturated carbocycles. The van der Waals surface area contributed by atoms with Crippen molar-refractivity contribution in [1.82, 2.24) is 0 Å². The number of rotatable bonds is 0. The van der Waals surface area contributed by atoms with Crippen molar-refractivity contribution < 1.29 is 22.5 Å². The van der Waals surface area contributed by atoms with E-state index >= 15 is 0 Å². The molecule has 0 aliphatic heterocycles. The van der Waals surface area contributed by atoms with Gasteiger partial charge in [-0.3, -0.25) is 5.73 Å². The van der Waals surface area contributed by atoms with E-state index in [0.717, 1.165) is 6.20 Å². The molecule has 5 N–H and O–H groups in total. The Labute approximate surface area is 70.4 Å². The minimum absolute atomic E-state index is 0.693. The van der Waals surface area contributed by atoms with Gasteiger partial charge in [-0.15, -0.1) is 0 Å². The van der Waals surface area contributed by atoms with Gasteiger partial charge < -0.3 is 5.73 Å². The molecular weight excluding hydrogens is 190 g/mol. The van der Waals surface area contributed by atoms with E-state index in [1.807, 2.05) is 0 Å². The maximum absolute atomic E-state index is 12.8. The number of aromatic nitrogens is 1. The van der Waals surface area contributed by atoms with Crippen molar-refractivity contribution in [2.45, 2.75) is 6.18 Å². The summed E-state index contributed by atoms with van der Waals surface area (Å²) in [5.41, 5.74) is 7.57. The van der Waals surface area contributed by atoms with E-state index < -0.39 is 29.1 Å². The van der Waals surface area contributed by atoms with Crippen LogP contribution in [0.1, 0.15) is 5.56 Å². The highest BCUT2D eigenvalue weighted by molar-refractivity contribution is 5.49. The van der Waals surface area contributed by atoms with Crippen molar-refractivity contribution in [3.05, 3.63) is 17.6 Å². The molecule has 0 aliphatic rings. The monoisotopic (exact) mass is 196 g/mol. The molecule has 0 saturated heterocycles. The first-order chi connectivity index (χ1) is 5.84. The van der Waals surface area contributed by atoms with Crippen LogP contribution in [-0.2, 0) is 6.18 Å². The van der Waals surface area contributed by atoms with Crippen molar-refractivity contribution in [2.24, 2.45) is 0 Å². The van der Waals surface area contributed by atoms with Gasteiger partial charge in [-0.2, -0.15) is 17.6 Å². The van der Waals surface area contributed by atoms with Gasteiger partial charge >= 0.3 is 12.0 Å². The molecule has 0 aromatic carbocycles. The number of halogens is 4. The van der Waals surface area contributed by atoms with Gasteiger partial charge in [-0.1, -0.05) is 0 Å². The first-order valence-electron chi connectivity index (χ1n) is 3.16. The first kappa shape index (κ1) is 9.56. The Hall–Kier alpha value is -1.53. The zero-order valence-electron chi connectivity index (χ0n) is 6.24. The van der Waals surface area contributed by atoms with Gasteiger partial charge in [-0.25, -0.2) is 4.98 Å². The van der Waals surface area contributed by atoms with Crippen LogP contribution < -0.4 is 16.5 Å². The van der Waals surface area contributed by atoms with Crippen molar-refractivity contribution in [3.8, 4) is 0 Å². The fourth-order valence-electron chi connectivity index (χ4n) is 0.841. The molecule has 0 fully saturated rings. The van der Waals surface area contributed by atoms with Crippen LogP contribution in [0.2, 0.25) is 0 Å². The molecule has 1 rings (SSSR count). The highest BCUT2D eigenvalue weighted by atomic mass is 19.4. The molecule has 0 radical (unpaired) electrons. The normalized spacial score (nSPS) is 11.7. The number of pyridine rings is 1. The minimum Gasteiger partial charge on any atom is -0.395 e. The van der Waals surface area contributed by atoms with Crippen LogP contribution in [0.4, 0.5) is 29.1 Å². The fraction of sp³-hybridized carbons (Fsp3) is 0.167. The van der Waals surface area contributed by atoms with Gasteiger partial charge in [0.2, 0.25) is 5.82 Å². The van der Waals surface area contributed by atoms with Gasteiger partial charge in [-0.05, 0) is 0 Å². The lowest BCUT2D eigenvalue weighted by molar-refractivity contribution is -0.362. The number of anilines is 2. The summed E-state index contributed by atoms with van der Waals surface area (Å²) in [6.07, 6.45) is -4.04. The largest absolute Gasteiger partial charge is 0.421 e. The summed E-state index contributed by atoms with van der Waals surface area (Å²) in [4.78, 5) is 2.06. The molecule has 0 spiro atoms. The van der Waals surface area contributed by atoms with Crippen LogP contribution in [0.3, 0.4) is 0 Å². The SMILES string of the molecule is Nc1c[nH+]c(N)c(F)c1C(F)(F)F. The molecule has 7 heteroatoms. The van der Waals surface area contributed by atoms with Crippen LogP contribution in [-0.4, -0.2) is 0 Å². The summed E-state index contributed by atoms with van der Waals surface area (Å²) in [6.45, 7) is 0. The number of H-pyrrole nitrogens is 1. The van der Waals surface area contributed by atoms with Crippen LogP contribution in [0.25, 0.3) is 0 Å². The zero-order valence-corrected chi connectivity index (χ0v) is 6.24. The summed E-state index contributed by atoms with van der Waals surface area (Å²) in [5.74, 6) is -2.27. The van der Waals surface area contributed by atoms with Crippen LogP contribution in [0, 0.1) is 5.82 Å². The lowest BCUT2D eigenvalue weighted by Gasteiger charge is -2.08. The van der Waals surface area contributed by atoms with E-state index in [-0.39, 0.29) is 0 Å². The molecule has 1 aromatic heterocycles. The van der Waals surface area contributed by atoms with E-state index in [1.54, 1.807) is 0 Å². The van der Waals surface area contributed by atoms with Crippen molar-refractivity contribution in [2.75, 3.05) is 11.5 Å². The van der Waals surface area contributed by atoms with Crippen LogP contribution in [0.5, 0.6) is 0 Å². The highest BCUT2D eigenvalue weighted by Crippen LogP contribution is 2.35. The van der Waals surface area contributed by atoms with Gasteiger partial charge in [0.05, 0.1) is 5.69 Å². The highest BCUT2D eigenvalue weighted by Gasteiger charge is 2.39. The topological polar surface area (TPSA) is 66.2 Å². The number of hydrogen-bond donors (Lipinski definition) is 2. The Bertz CT molecular complexity index is 333. The molecule has 0 aliphatic carbocycles. The molecule has 1 heterocycles. The Morgan fingerprint density at radius 2 is 1.77 bits per heavy atom. The quantitative estimate of drug-likeness (QED) is 0.603. The third-order valence-electron chi connectivity index (χ3n) is 1.41.